The maximum absolute atomic E-state index is 12.9. The van der Waals surface area contributed by atoms with Crippen LogP contribution in [0.2, 0.25) is 0 Å². The second-order valence-electron chi connectivity index (χ2n) is 19.8. The smallest absolute Gasteiger partial charge is 0.306 e. The molecule has 0 saturated heterocycles. The summed E-state index contributed by atoms with van der Waals surface area (Å²) in [6, 6.07) is 0. The summed E-state index contributed by atoms with van der Waals surface area (Å²) < 4.78 is 16.8. The number of carbonyl (C=O) groups is 3. The first-order valence-corrected chi connectivity index (χ1v) is 31.6. The summed E-state index contributed by atoms with van der Waals surface area (Å²) in [6.45, 7) is 6.19. The Balaban J connectivity index is 4.62. The van der Waals surface area contributed by atoms with Crippen LogP contribution in [0.3, 0.4) is 0 Å². The summed E-state index contributed by atoms with van der Waals surface area (Å²) >= 11 is 0. The number of hydrogen-bond donors (Lipinski definition) is 0. The fraction of sp³-hybridized carbons (Fsp3) is 0.507. The van der Waals surface area contributed by atoms with Gasteiger partial charge in [-0.15, -0.1) is 0 Å². The number of rotatable bonds is 54. The molecule has 0 fully saturated rings. The topological polar surface area (TPSA) is 78.9 Å². The lowest BCUT2D eigenvalue weighted by atomic mass is 10.1. The first-order chi connectivity index (χ1) is 40.0. The molecule has 1 atom stereocenters. The van der Waals surface area contributed by atoms with E-state index in [1.807, 2.05) is 0 Å². The molecule has 6 heteroatoms. The normalized spacial score (nSPS) is 13.6. The van der Waals surface area contributed by atoms with Gasteiger partial charge in [-0.25, -0.2) is 0 Å². The van der Waals surface area contributed by atoms with E-state index in [0.717, 1.165) is 180 Å². The van der Waals surface area contributed by atoms with Crippen LogP contribution in [0.1, 0.15) is 226 Å². The van der Waals surface area contributed by atoms with Gasteiger partial charge in [0.2, 0.25) is 0 Å². The van der Waals surface area contributed by atoms with Crippen molar-refractivity contribution in [1.82, 2.24) is 0 Å². The number of hydrogen-bond acceptors (Lipinski definition) is 6. The van der Waals surface area contributed by atoms with Crippen LogP contribution >= 0.6 is 0 Å². The van der Waals surface area contributed by atoms with Crippen molar-refractivity contribution in [2.45, 2.75) is 232 Å². The van der Waals surface area contributed by atoms with Crippen molar-refractivity contribution in [2.75, 3.05) is 13.2 Å². The number of ether oxygens (including phenoxy) is 3. The van der Waals surface area contributed by atoms with Gasteiger partial charge in [-0.05, 0) is 167 Å². The molecule has 0 bridgehead atoms. The summed E-state index contributed by atoms with van der Waals surface area (Å²) in [5.74, 6) is -1.04. The Morgan fingerprint density at radius 3 is 0.667 bits per heavy atom. The average Bonchev–Trinajstić information content (AvgIpc) is 3.47. The van der Waals surface area contributed by atoms with Crippen molar-refractivity contribution in [3.05, 3.63) is 207 Å². The lowest BCUT2D eigenvalue weighted by Crippen LogP contribution is -2.30. The molecular formula is C75H112O6. The molecule has 0 amide bonds. The fourth-order valence-corrected chi connectivity index (χ4v) is 7.65. The van der Waals surface area contributed by atoms with Gasteiger partial charge in [0, 0.05) is 19.3 Å². The highest BCUT2D eigenvalue weighted by Crippen LogP contribution is 2.12. The molecule has 0 aromatic rings. The number of allylic oxidation sites excluding steroid dienone is 34. The minimum Gasteiger partial charge on any atom is -0.462 e. The van der Waals surface area contributed by atoms with Gasteiger partial charge in [-0.3, -0.25) is 14.4 Å². The third kappa shape index (κ3) is 64.7. The van der Waals surface area contributed by atoms with Gasteiger partial charge in [0.15, 0.2) is 6.10 Å². The van der Waals surface area contributed by atoms with Crippen LogP contribution in [-0.2, 0) is 28.6 Å². The van der Waals surface area contributed by atoms with Crippen LogP contribution in [0.25, 0.3) is 0 Å². The van der Waals surface area contributed by atoms with E-state index < -0.39 is 6.10 Å². The highest BCUT2D eigenvalue weighted by molar-refractivity contribution is 5.71. The summed E-state index contributed by atoms with van der Waals surface area (Å²) in [5.41, 5.74) is 0. The van der Waals surface area contributed by atoms with Crippen LogP contribution in [0.15, 0.2) is 207 Å². The lowest BCUT2D eigenvalue weighted by molar-refractivity contribution is -0.167. The largest absolute Gasteiger partial charge is 0.462 e. The maximum atomic E-state index is 12.9. The molecule has 448 valence electrons. The summed E-state index contributed by atoms with van der Waals surface area (Å²) in [5, 5.41) is 0. The van der Waals surface area contributed by atoms with Gasteiger partial charge in [-0.1, -0.05) is 247 Å². The van der Waals surface area contributed by atoms with E-state index in [1.54, 1.807) is 0 Å². The van der Waals surface area contributed by atoms with Gasteiger partial charge >= 0.3 is 17.9 Å². The summed E-state index contributed by atoms with van der Waals surface area (Å²) in [7, 11) is 0. The Hall–Kier alpha value is -6.01. The fourth-order valence-electron chi connectivity index (χ4n) is 7.65. The molecule has 0 saturated carbocycles. The van der Waals surface area contributed by atoms with Crippen molar-refractivity contribution in [3.63, 3.8) is 0 Å². The van der Waals surface area contributed by atoms with E-state index in [-0.39, 0.29) is 37.5 Å². The molecule has 0 radical (unpaired) electrons. The van der Waals surface area contributed by atoms with Crippen molar-refractivity contribution in [2.24, 2.45) is 0 Å². The standard InChI is InChI=1S/C75H112O6/c1-4-7-10-13-16-19-22-25-28-31-34-35-36-37-38-39-42-44-47-50-53-56-59-62-65-68-74(77)80-71-72(81-75(78)69-66-63-60-57-54-51-48-45-41-33-30-27-24-21-18-15-12-9-6-3)70-79-73(76)67-64-61-58-55-52-49-46-43-40-32-29-26-23-20-17-14-11-8-5-2/h7-12,16-21,25-30,34-35,37-38,40-45,49-54,72H,4-6,13-15,22-24,31-33,36,39,46-48,55-71H2,1-3H3/b10-7-,11-8-,12-9-,19-16-,20-17-,21-18-,28-25-,29-26-,30-27-,35-34-,38-37-,43-40-,44-42-,45-41-,52-49-,53-50-,54-51-. The van der Waals surface area contributed by atoms with Crippen LogP contribution in [0.4, 0.5) is 0 Å². The molecule has 1 unspecified atom stereocenters. The van der Waals surface area contributed by atoms with E-state index in [0.29, 0.717) is 19.3 Å². The monoisotopic (exact) mass is 1110 g/mol. The van der Waals surface area contributed by atoms with E-state index in [4.69, 9.17) is 14.2 Å². The lowest BCUT2D eigenvalue weighted by Gasteiger charge is -2.18. The maximum Gasteiger partial charge on any atom is 0.306 e. The number of carbonyl (C=O) groups excluding carboxylic acids is 3. The third-order valence-electron chi connectivity index (χ3n) is 12.3. The zero-order chi connectivity index (χ0) is 58.5. The Bertz CT molecular complexity index is 2000. The predicted molar refractivity (Wildman–Crippen MR) is 352 cm³/mol. The number of unbranched alkanes of at least 4 members (excludes halogenated alkanes) is 9. The van der Waals surface area contributed by atoms with Crippen molar-refractivity contribution in [1.29, 1.82) is 0 Å². The molecule has 81 heavy (non-hydrogen) atoms. The zero-order valence-electron chi connectivity index (χ0n) is 51.2. The zero-order valence-corrected chi connectivity index (χ0v) is 51.2. The van der Waals surface area contributed by atoms with Crippen LogP contribution in [0.5, 0.6) is 0 Å². The minimum absolute atomic E-state index is 0.132. The van der Waals surface area contributed by atoms with Gasteiger partial charge in [0.25, 0.3) is 0 Å². The minimum atomic E-state index is -0.840. The first-order valence-electron chi connectivity index (χ1n) is 31.6. The molecule has 0 aliphatic rings. The van der Waals surface area contributed by atoms with Gasteiger partial charge < -0.3 is 14.2 Å². The molecule has 0 aromatic carbocycles. The van der Waals surface area contributed by atoms with Gasteiger partial charge in [0.05, 0.1) is 0 Å². The Morgan fingerprint density at radius 1 is 0.247 bits per heavy atom. The highest BCUT2D eigenvalue weighted by atomic mass is 16.6. The Labute approximate surface area is 496 Å². The second-order valence-corrected chi connectivity index (χ2v) is 19.8. The van der Waals surface area contributed by atoms with E-state index in [1.165, 1.54) is 0 Å². The van der Waals surface area contributed by atoms with Crippen LogP contribution in [-0.4, -0.2) is 37.2 Å². The van der Waals surface area contributed by atoms with Crippen molar-refractivity contribution >= 4 is 17.9 Å². The highest BCUT2D eigenvalue weighted by Gasteiger charge is 2.19. The van der Waals surface area contributed by atoms with E-state index in [2.05, 4.69) is 227 Å². The predicted octanol–water partition coefficient (Wildman–Crippen LogP) is 22.0. The average molecular weight is 1110 g/mol. The van der Waals surface area contributed by atoms with E-state index in [9.17, 15) is 14.4 Å². The molecule has 0 N–H and O–H groups in total. The Kier molecular flexibility index (Phi) is 61.6. The Morgan fingerprint density at radius 2 is 0.444 bits per heavy atom. The molecule has 0 rings (SSSR count). The second kappa shape index (κ2) is 66.5. The van der Waals surface area contributed by atoms with Crippen molar-refractivity contribution < 1.29 is 28.6 Å². The van der Waals surface area contributed by atoms with Crippen LogP contribution < -0.4 is 0 Å². The molecular weight excluding hydrogens is 997 g/mol. The molecule has 0 aromatic heterocycles. The molecule has 6 nitrogen and oxygen atoms in total. The molecule has 0 spiro atoms. The van der Waals surface area contributed by atoms with Crippen molar-refractivity contribution in [3.8, 4) is 0 Å². The molecule has 0 heterocycles. The SMILES string of the molecule is CC/C=C\C/C=C\C/C=C\C/C=C\C/C=C\C/C=C\C/C=C\CCCCCC(=O)OCC(COC(=O)CCCCC/C=C\C/C=C\C/C=C\C/C=C\C/C=C\CC)OC(=O)CCCCC/C=C\C/C=C\C/C=C\C/C=C\C/C=C\CC. The summed E-state index contributed by atoms with van der Waals surface area (Å²) in [6.07, 6.45) is 102. The number of esters is 3. The van der Waals surface area contributed by atoms with E-state index >= 15 is 0 Å². The third-order valence-corrected chi connectivity index (χ3v) is 12.3. The van der Waals surface area contributed by atoms with Gasteiger partial charge in [0.1, 0.15) is 13.2 Å². The quantitative estimate of drug-likeness (QED) is 0.0261. The van der Waals surface area contributed by atoms with Crippen LogP contribution in [0, 0.1) is 0 Å². The molecule has 0 aliphatic carbocycles. The first kappa shape index (κ1) is 75.0. The van der Waals surface area contributed by atoms with Gasteiger partial charge in [-0.2, -0.15) is 0 Å². The summed E-state index contributed by atoms with van der Waals surface area (Å²) in [4.78, 5) is 38.3. The molecule has 0 aliphatic heterocycles.